The molecule has 1 aliphatic rings. The maximum atomic E-state index is 5.47. The van der Waals surface area contributed by atoms with E-state index in [2.05, 4.69) is 46.2 Å². The Labute approximate surface area is 137 Å². The Morgan fingerprint density at radius 1 is 1.30 bits per heavy atom. The fraction of sp³-hybridized carbons (Fsp3) is 0.133. The molecule has 20 heavy (non-hydrogen) atoms. The van der Waals surface area contributed by atoms with E-state index < -0.39 is 0 Å². The van der Waals surface area contributed by atoms with Crippen molar-refractivity contribution in [2.24, 2.45) is 5.10 Å². The lowest BCUT2D eigenvalue weighted by atomic mass is 9.92. The van der Waals surface area contributed by atoms with Gasteiger partial charge in [-0.05, 0) is 51.6 Å². The van der Waals surface area contributed by atoms with Gasteiger partial charge < -0.3 is 0 Å². The molecule has 0 N–H and O–H groups in total. The van der Waals surface area contributed by atoms with E-state index in [1.807, 2.05) is 24.3 Å². The fourth-order valence-electron chi connectivity index (χ4n) is 2.01. The molecule has 1 aromatic rings. The van der Waals surface area contributed by atoms with Crippen LogP contribution in [0.3, 0.4) is 0 Å². The highest BCUT2D eigenvalue weighted by atomic mass is 79.9. The van der Waals surface area contributed by atoms with Gasteiger partial charge >= 0.3 is 0 Å². The lowest BCUT2D eigenvalue weighted by Gasteiger charge is -2.16. The summed E-state index contributed by atoms with van der Waals surface area (Å²) in [6.07, 6.45) is 6.64. The first kappa shape index (κ1) is 15.4. The van der Waals surface area contributed by atoms with Gasteiger partial charge in [-0.1, -0.05) is 42.5 Å². The summed E-state index contributed by atoms with van der Waals surface area (Å²) in [6, 6.07) is 10.2. The van der Waals surface area contributed by atoms with Crippen LogP contribution < -0.4 is 0 Å². The molecule has 0 saturated carbocycles. The minimum Gasteiger partial charge on any atom is -0.153 e. The number of hydrogen-bond donors (Lipinski definition) is 0. The van der Waals surface area contributed by atoms with Gasteiger partial charge in [-0.15, -0.1) is 4.05 Å². The summed E-state index contributed by atoms with van der Waals surface area (Å²) >= 11 is 14.6. The van der Waals surface area contributed by atoms with E-state index in [0.29, 0.717) is 0 Å². The quantitative estimate of drug-likeness (QED) is 0.380. The van der Waals surface area contributed by atoms with Crippen molar-refractivity contribution in [1.82, 2.24) is 4.05 Å². The van der Waals surface area contributed by atoms with Gasteiger partial charge in [0.2, 0.25) is 0 Å². The molecule has 0 spiro atoms. The predicted molar refractivity (Wildman–Crippen MR) is 90.8 cm³/mol. The van der Waals surface area contributed by atoms with E-state index in [-0.39, 0.29) is 0 Å². The summed E-state index contributed by atoms with van der Waals surface area (Å²) in [5, 5.41) is 3.86. The molecule has 0 fully saturated rings. The Hall–Kier alpha value is -1.03. The Balaban J connectivity index is 2.41. The fourth-order valence-corrected chi connectivity index (χ4v) is 2.83. The maximum absolute atomic E-state index is 5.47. The third-order valence-corrected chi connectivity index (χ3v) is 4.19. The summed E-state index contributed by atoms with van der Waals surface area (Å²) in [6.45, 7) is 2.07. The van der Waals surface area contributed by atoms with Crippen LogP contribution in [-0.4, -0.2) is 10.3 Å². The molecule has 0 aliphatic heterocycles. The van der Waals surface area contributed by atoms with Crippen LogP contribution in [0.1, 0.15) is 18.9 Å². The van der Waals surface area contributed by atoms with Gasteiger partial charge in [0.1, 0.15) is 0 Å². The van der Waals surface area contributed by atoms with E-state index in [4.69, 9.17) is 23.6 Å². The second kappa shape index (κ2) is 7.11. The number of rotatable bonds is 3. The number of halogens is 3. The van der Waals surface area contributed by atoms with Crippen molar-refractivity contribution < 1.29 is 0 Å². The van der Waals surface area contributed by atoms with Gasteiger partial charge in [-0.2, -0.15) is 5.10 Å². The second-order valence-electron chi connectivity index (χ2n) is 4.31. The number of hydrogen-bond acceptors (Lipinski definition) is 2. The first-order valence-electron chi connectivity index (χ1n) is 6.07. The minimum atomic E-state index is 0.748. The lowest BCUT2D eigenvalue weighted by molar-refractivity contribution is 0.783. The van der Waals surface area contributed by atoms with Crippen molar-refractivity contribution in [2.45, 2.75) is 13.3 Å². The van der Waals surface area contributed by atoms with Gasteiger partial charge in [0, 0.05) is 4.48 Å². The molecule has 0 heterocycles. The lowest BCUT2D eigenvalue weighted by Crippen LogP contribution is -2.00. The molecule has 0 atom stereocenters. The predicted octanol–water partition coefficient (Wildman–Crippen LogP) is 5.66. The van der Waals surface area contributed by atoms with Crippen LogP contribution in [0.4, 0.5) is 0 Å². The van der Waals surface area contributed by atoms with Gasteiger partial charge in [0.05, 0.1) is 29.8 Å². The number of hydrazone groups is 1. The molecular weight excluding hydrogens is 359 g/mol. The standard InChI is InChI=1S/C15H13BrCl2N2/c1-11-13(10-19-20(17)18)8-5-9-14(11)15(16)12-6-3-2-4-7-12/h2-8,10H,9H2,1H3. The zero-order chi connectivity index (χ0) is 14.5. The summed E-state index contributed by atoms with van der Waals surface area (Å²) < 4.78 is 1.85. The molecule has 0 bridgehead atoms. The summed E-state index contributed by atoms with van der Waals surface area (Å²) in [7, 11) is 0. The normalized spacial score (nSPS) is 17.8. The highest BCUT2D eigenvalue weighted by molar-refractivity contribution is 9.15. The molecule has 0 unspecified atom stereocenters. The summed E-state index contributed by atoms with van der Waals surface area (Å²) in [4.78, 5) is 0. The molecule has 1 aromatic carbocycles. The zero-order valence-electron chi connectivity index (χ0n) is 10.9. The van der Waals surface area contributed by atoms with Crippen LogP contribution in [0.5, 0.6) is 0 Å². The zero-order valence-corrected chi connectivity index (χ0v) is 14.0. The monoisotopic (exact) mass is 370 g/mol. The molecule has 1 aliphatic carbocycles. The van der Waals surface area contributed by atoms with Crippen LogP contribution in [0, 0.1) is 0 Å². The van der Waals surface area contributed by atoms with E-state index >= 15 is 0 Å². The summed E-state index contributed by atoms with van der Waals surface area (Å²) in [5.74, 6) is 0. The molecule has 0 radical (unpaired) electrons. The van der Waals surface area contributed by atoms with Crippen molar-refractivity contribution in [1.29, 1.82) is 0 Å². The SMILES string of the molecule is CC1=C(C=NN(Cl)Cl)C=CCC1=C(Br)c1ccccc1. The largest absolute Gasteiger partial charge is 0.153 e. The molecule has 2 rings (SSSR count). The molecule has 2 nitrogen and oxygen atoms in total. The minimum absolute atomic E-state index is 0.748. The van der Waals surface area contributed by atoms with Crippen LogP contribution in [-0.2, 0) is 0 Å². The molecule has 0 aromatic heterocycles. The van der Waals surface area contributed by atoms with Crippen molar-refractivity contribution in [3.63, 3.8) is 0 Å². The molecule has 0 saturated heterocycles. The van der Waals surface area contributed by atoms with Gasteiger partial charge in [-0.25, -0.2) is 0 Å². The van der Waals surface area contributed by atoms with Crippen LogP contribution in [0.2, 0.25) is 0 Å². The smallest absolute Gasteiger partial charge is 0.0574 e. The van der Waals surface area contributed by atoms with E-state index in [9.17, 15) is 0 Å². The van der Waals surface area contributed by atoms with Crippen LogP contribution in [0.25, 0.3) is 4.48 Å². The van der Waals surface area contributed by atoms with Crippen LogP contribution in [0.15, 0.2) is 64.3 Å². The van der Waals surface area contributed by atoms with Gasteiger partial charge in [0.15, 0.2) is 0 Å². The Bertz CT molecular complexity index is 602. The average molecular weight is 372 g/mol. The number of benzene rings is 1. The number of allylic oxidation sites excluding steroid dienone is 5. The third kappa shape index (κ3) is 3.75. The van der Waals surface area contributed by atoms with Crippen LogP contribution >= 0.6 is 39.5 Å². The van der Waals surface area contributed by atoms with Crippen molar-refractivity contribution in [3.05, 3.63) is 64.8 Å². The first-order chi connectivity index (χ1) is 9.59. The highest BCUT2D eigenvalue weighted by Gasteiger charge is 2.13. The molecule has 0 amide bonds. The molecule has 104 valence electrons. The number of nitrogens with zero attached hydrogens (tertiary/aromatic N) is 2. The van der Waals surface area contributed by atoms with E-state index in [0.717, 1.165) is 31.7 Å². The van der Waals surface area contributed by atoms with E-state index in [1.165, 1.54) is 5.57 Å². The van der Waals surface area contributed by atoms with Crippen molar-refractivity contribution in [2.75, 3.05) is 0 Å². The first-order valence-corrected chi connectivity index (χ1v) is 7.54. The highest BCUT2D eigenvalue weighted by Crippen LogP contribution is 2.34. The van der Waals surface area contributed by atoms with Gasteiger partial charge in [-0.3, -0.25) is 0 Å². The molecular formula is C15H13BrCl2N2. The van der Waals surface area contributed by atoms with Crippen molar-refractivity contribution >= 4 is 50.2 Å². The Morgan fingerprint density at radius 2 is 2.00 bits per heavy atom. The van der Waals surface area contributed by atoms with Crippen molar-refractivity contribution in [3.8, 4) is 0 Å². The second-order valence-corrected chi connectivity index (χ2v) is 5.91. The van der Waals surface area contributed by atoms with Gasteiger partial charge in [0.25, 0.3) is 0 Å². The Kier molecular flexibility index (Phi) is 5.46. The average Bonchev–Trinajstić information content (AvgIpc) is 2.46. The topological polar surface area (TPSA) is 15.6 Å². The van der Waals surface area contributed by atoms with E-state index in [1.54, 1.807) is 6.21 Å². The molecule has 5 heteroatoms. The third-order valence-electron chi connectivity index (χ3n) is 3.08. The Morgan fingerprint density at radius 3 is 2.65 bits per heavy atom. The summed E-state index contributed by atoms with van der Waals surface area (Å²) in [5.41, 5.74) is 4.54. The maximum Gasteiger partial charge on any atom is 0.0574 e.